The topological polar surface area (TPSA) is 41.1 Å². The van der Waals surface area contributed by atoms with Crippen LogP contribution in [-0.4, -0.2) is 21.0 Å². The van der Waals surface area contributed by atoms with E-state index < -0.39 is 0 Å². The molecule has 6 rings (SSSR count). The van der Waals surface area contributed by atoms with E-state index in [4.69, 9.17) is 10.2 Å². The monoisotopic (exact) mass is 904 g/mol. The van der Waals surface area contributed by atoms with E-state index in [2.05, 4.69) is 249 Å². The summed E-state index contributed by atoms with van der Waals surface area (Å²) in [5.74, 6) is 2.59. The van der Waals surface area contributed by atoms with E-state index >= 15 is 0 Å². The minimum atomic E-state index is 0.266. The molecule has 0 aliphatic rings. The second-order valence-electron chi connectivity index (χ2n) is 14.5. The Bertz CT molecular complexity index is 1920. The molecule has 0 saturated heterocycles. The first-order chi connectivity index (χ1) is 26.6. The first-order valence-electron chi connectivity index (χ1n) is 18.8. The molecule has 290 valence electrons. The van der Waals surface area contributed by atoms with Gasteiger partial charge in [0.2, 0.25) is 0 Å². The molecule has 6 nitrogen and oxygen atoms in total. The summed E-state index contributed by atoms with van der Waals surface area (Å²) in [5.41, 5.74) is 8.47. The van der Waals surface area contributed by atoms with Gasteiger partial charge in [-0.15, -0.1) is 10.2 Å². The van der Waals surface area contributed by atoms with Crippen LogP contribution in [-0.2, 0) is 10.9 Å². The number of aromatic nitrogens is 2. The van der Waals surface area contributed by atoms with E-state index in [9.17, 15) is 0 Å². The van der Waals surface area contributed by atoms with Crippen LogP contribution in [0.15, 0.2) is 156 Å². The first-order valence-corrected chi connectivity index (χ1v) is 23.7. The minimum absolute atomic E-state index is 0.266. The molecule has 0 aliphatic carbocycles. The summed E-state index contributed by atoms with van der Waals surface area (Å²) in [7, 11) is 1.25. The zero-order chi connectivity index (χ0) is 39.5. The average molecular weight is 907 g/mol. The van der Waals surface area contributed by atoms with Gasteiger partial charge in [-0.3, -0.25) is 0 Å². The molecule has 2 aromatic heterocycles. The third kappa shape index (κ3) is 10.2. The van der Waals surface area contributed by atoms with E-state index in [1.54, 1.807) is 0 Å². The fraction of sp³-hybridized carbons (Fsp3) is 0.261. The molecule has 0 saturated carbocycles. The van der Waals surface area contributed by atoms with Crippen molar-refractivity contribution in [2.75, 3.05) is 10.0 Å². The Labute approximate surface area is 348 Å². The van der Waals surface area contributed by atoms with Gasteiger partial charge in [0.05, 0.1) is 11.4 Å². The summed E-state index contributed by atoms with van der Waals surface area (Å²) in [5, 5.41) is 15.8. The van der Waals surface area contributed by atoms with Crippen molar-refractivity contribution in [1.82, 2.24) is 9.35 Å². The van der Waals surface area contributed by atoms with Gasteiger partial charge in [0.15, 0.2) is 11.7 Å². The van der Waals surface area contributed by atoms with Gasteiger partial charge in [-0.25, -0.2) is 19.4 Å². The van der Waals surface area contributed by atoms with Gasteiger partial charge in [-0.2, -0.15) is 0 Å². The average Bonchev–Trinajstić information content (AvgIpc) is 3.82. The molecule has 0 aliphatic heterocycles. The number of halogens is 2. The van der Waals surface area contributed by atoms with Crippen LogP contribution in [0.3, 0.4) is 0 Å². The Hall–Kier alpha value is -4.17. The standard InChI is InChI=1S/C46H52N6.2BrH.Ni/c1-33(2)41-29-30-42(34(3)4)49(41)47-45(37-21-13-9-14-22-37)51(39-25-17-11-18-26-39)52(40-27-19-12-20-28-40)46(38-23-15-10-16-24-38)48-50-43(35(5)6)31-32-44(50)36(7)8;;;/h9-36H,1-8H3;2*1H;/q;;;+2/p-2/b47-45+,48-46+;;;. The molecule has 0 radical (unpaired) electrons. The fourth-order valence-corrected chi connectivity index (χ4v) is 6.51. The van der Waals surface area contributed by atoms with Crippen LogP contribution < -0.4 is 10.0 Å². The van der Waals surface area contributed by atoms with E-state index in [1.807, 2.05) is 0 Å². The van der Waals surface area contributed by atoms with Gasteiger partial charge in [0.1, 0.15) is 0 Å². The maximum atomic E-state index is 5.67. The third-order valence-corrected chi connectivity index (χ3v) is 9.25. The van der Waals surface area contributed by atoms with E-state index in [-0.39, 0.29) is 23.7 Å². The Balaban J connectivity index is 0.00000187. The normalized spacial score (nSPS) is 12.1. The Kier molecular flexibility index (Phi) is 15.4. The van der Waals surface area contributed by atoms with Crippen LogP contribution in [0, 0.1) is 0 Å². The zero-order valence-corrected chi connectivity index (χ0v) is 37.1. The Morgan fingerprint density at radius 2 is 0.655 bits per heavy atom. The van der Waals surface area contributed by atoms with Crippen LogP contribution in [0.1, 0.15) is 113 Å². The second kappa shape index (κ2) is 20.1. The molecule has 0 amide bonds. The van der Waals surface area contributed by atoms with Gasteiger partial charge in [-0.05, 0) is 72.2 Å². The molecular formula is C46H52Br2N6Ni. The van der Waals surface area contributed by atoms with Crippen molar-refractivity contribution in [1.29, 1.82) is 0 Å². The Morgan fingerprint density at radius 3 is 0.891 bits per heavy atom. The zero-order valence-electron chi connectivity index (χ0n) is 32.9. The van der Waals surface area contributed by atoms with Crippen molar-refractivity contribution in [2.45, 2.75) is 79.1 Å². The predicted molar refractivity (Wildman–Crippen MR) is 238 cm³/mol. The van der Waals surface area contributed by atoms with Crippen molar-refractivity contribution in [3.8, 4) is 0 Å². The SMILES string of the molecule is CC(C)c1ccc(C(C)C)n1/N=C(\c1ccccc1)N(c1ccccc1)N(/C(=N/n1c(C(C)C)ccc1C(C)C)c1ccccc1)c1ccccc1.[Br][Ni][Br]. The fourth-order valence-electron chi connectivity index (χ4n) is 6.51. The molecule has 0 bridgehead atoms. The Morgan fingerprint density at radius 1 is 0.418 bits per heavy atom. The molecular weight excluding hydrogens is 855 g/mol. The number of benzene rings is 4. The molecule has 9 heteroatoms. The van der Waals surface area contributed by atoms with Crippen molar-refractivity contribution >= 4 is 51.5 Å². The molecule has 0 fully saturated rings. The summed E-state index contributed by atoms with van der Waals surface area (Å²) < 4.78 is 4.32. The number of amidine groups is 2. The summed E-state index contributed by atoms with van der Waals surface area (Å²) in [4.78, 5) is 0. The van der Waals surface area contributed by atoms with Gasteiger partial charge in [0.25, 0.3) is 0 Å². The number of hydrogen-bond donors (Lipinski definition) is 0. The number of rotatable bonds is 10. The summed E-state index contributed by atoms with van der Waals surface area (Å²) in [6.45, 7) is 17.8. The molecule has 0 N–H and O–H groups in total. The van der Waals surface area contributed by atoms with Crippen LogP contribution in [0.5, 0.6) is 0 Å². The summed E-state index contributed by atoms with van der Waals surface area (Å²) >= 11 is 6.00. The number of hydrogen-bond acceptors (Lipinski definition) is 2. The van der Waals surface area contributed by atoms with Gasteiger partial charge in [0, 0.05) is 33.9 Å². The van der Waals surface area contributed by atoms with Crippen molar-refractivity contribution < 1.29 is 10.9 Å². The molecule has 6 aromatic rings. The van der Waals surface area contributed by atoms with Crippen LogP contribution in [0.25, 0.3) is 0 Å². The predicted octanol–water partition coefficient (Wildman–Crippen LogP) is 13.5. The van der Waals surface area contributed by atoms with Crippen LogP contribution >= 0.6 is 28.5 Å². The van der Waals surface area contributed by atoms with E-state index in [0.29, 0.717) is 0 Å². The second-order valence-corrected chi connectivity index (χ2v) is 19.5. The van der Waals surface area contributed by atoms with Gasteiger partial charge >= 0.3 is 39.3 Å². The van der Waals surface area contributed by atoms with Gasteiger partial charge < -0.3 is 0 Å². The third-order valence-electron chi connectivity index (χ3n) is 9.25. The summed E-state index contributed by atoms with van der Waals surface area (Å²) in [6.07, 6.45) is 0. The molecule has 2 heterocycles. The van der Waals surface area contributed by atoms with Crippen LogP contribution in [0.4, 0.5) is 11.4 Å². The number of hydrazine groups is 1. The van der Waals surface area contributed by atoms with Crippen LogP contribution in [0.2, 0.25) is 0 Å². The molecule has 0 spiro atoms. The van der Waals surface area contributed by atoms with Crippen molar-refractivity contribution in [2.24, 2.45) is 10.2 Å². The van der Waals surface area contributed by atoms with Gasteiger partial charge in [-0.1, -0.05) is 152 Å². The van der Waals surface area contributed by atoms with Crippen molar-refractivity contribution in [3.63, 3.8) is 0 Å². The molecule has 0 atom stereocenters. The van der Waals surface area contributed by atoms with E-state index in [1.165, 1.54) is 10.9 Å². The number of anilines is 2. The summed E-state index contributed by atoms with van der Waals surface area (Å²) in [6, 6.07) is 50.9. The molecule has 4 aromatic carbocycles. The molecule has 55 heavy (non-hydrogen) atoms. The van der Waals surface area contributed by atoms with E-state index in [0.717, 1.165) is 56.9 Å². The molecule has 0 unspecified atom stereocenters. The first kappa shape index (κ1) is 42.0. The maximum absolute atomic E-state index is 5.67. The number of nitrogens with zero attached hydrogens (tertiary/aromatic N) is 6. The number of para-hydroxylation sites is 2. The van der Waals surface area contributed by atoms with Crippen molar-refractivity contribution in [3.05, 3.63) is 179 Å². The quantitative estimate of drug-likeness (QED) is 0.0595.